The van der Waals surface area contributed by atoms with Crippen LogP contribution in [0, 0.1) is 6.92 Å². The van der Waals surface area contributed by atoms with Crippen molar-refractivity contribution in [3.05, 3.63) is 52.0 Å². The third kappa shape index (κ3) is 4.90. The summed E-state index contributed by atoms with van der Waals surface area (Å²) < 4.78 is 12.6. The van der Waals surface area contributed by atoms with Crippen molar-refractivity contribution >= 4 is 51.0 Å². The summed E-state index contributed by atoms with van der Waals surface area (Å²) in [5.41, 5.74) is 3.03. The predicted molar refractivity (Wildman–Crippen MR) is 114 cm³/mol. The molecule has 1 heterocycles. The molecule has 1 N–H and O–H groups in total. The first-order valence-electron chi connectivity index (χ1n) is 8.17. The van der Waals surface area contributed by atoms with E-state index in [0.29, 0.717) is 16.1 Å². The molecule has 0 aromatic heterocycles. The standard InChI is InChI=1S/C19H20BrNO3S2/c1-12-9-14(4-5-15(12)20)21-18(22)11-24-16-6-3-13(10-17(16)23-2)19-25-7-8-26-19/h3-6,9-10,19H,7-8,11H2,1-2H3,(H,21,22). The average Bonchev–Trinajstić information content (AvgIpc) is 3.17. The number of carbonyl (C=O) groups excluding carboxylic acids is 1. The van der Waals surface area contributed by atoms with Crippen LogP contribution in [0.15, 0.2) is 40.9 Å². The number of carbonyl (C=O) groups is 1. The van der Waals surface area contributed by atoms with Crippen LogP contribution in [0.3, 0.4) is 0 Å². The fourth-order valence-electron chi connectivity index (χ4n) is 2.56. The van der Waals surface area contributed by atoms with Gasteiger partial charge in [0.25, 0.3) is 5.91 Å². The Labute approximate surface area is 170 Å². The van der Waals surface area contributed by atoms with Crippen molar-refractivity contribution in [3.8, 4) is 11.5 Å². The number of anilines is 1. The summed E-state index contributed by atoms with van der Waals surface area (Å²) in [6.45, 7) is 1.90. The van der Waals surface area contributed by atoms with Gasteiger partial charge in [0.15, 0.2) is 18.1 Å². The summed E-state index contributed by atoms with van der Waals surface area (Å²) in [6, 6.07) is 11.6. The Morgan fingerprint density at radius 2 is 1.96 bits per heavy atom. The fraction of sp³-hybridized carbons (Fsp3) is 0.316. The van der Waals surface area contributed by atoms with Gasteiger partial charge in [0.1, 0.15) is 0 Å². The summed E-state index contributed by atoms with van der Waals surface area (Å²) in [7, 11) is 1.62. The summed E-state index contributed by atoms with van der Waals surface area (Å²) >= 11 is 7.33. The van der Waals surface area contributed by atoms with E-state index in [1.165, 1.54) is 17.1 Å². The van der Waals surface area contributed by atoms with Crippen LogP contribution in [0.2, 0.25) is 0 Å². The third-order valence-electron chi connectivity index (χ3n) is 3.88. The minimum absolute atomic E-state index is 0.0717. The van der Waals surface area contributed by atoms with E-state index in [2.05, 4.69) is 21.2 Å². The zero-order valence-corrected chi connectivity index (χ0v) is 17.8. The quantitative estimate of drug-likeness (QED) is 0.645. The highest BCUT2D eigenvalue weighted by molar-refractivity contribution is 9.10. The molecule has 0 bridgehead atoms. The molecule has 1 amide bonds. The molecule has 0 radical (unpaired) electrons. The molecule has 0 spiro atoms. The van der Waals surface area contributed by atoms with Crippen LogP contribution in [0.1, 0.15) is 15.7 Å². The Morgan fingerprint density at radius 1 is 1.19 bits per heavy atom. The minimum atomic E-state index is -0.209. The van der Waals surface area contributed by atoms with E-state index < -0.39 is 0 Å². The van der Waals surface area contributed by atoms with Crippen molar-refractivity contribution < 1.29 is 14.3 Å². The molecule has 2 aromatic carbocycles. The number of amides is 1. The lowest BCUT2D eigenvalue weighted by molar-refractivity contribution is -0.118. The van der Waals surface area contributed by atoms with Crippen LogP contribution in [-0.4, -0.2) is 31.1 Å². The van der Waals surface area contributed by atoms with Crippen LogP contribution >= 0.6 is 39.5 Å². The monoisotopic (exact) mass is 453 g/mol. The van der Waals surface area contributed by atoms with Crippen LogP contribution in [0.25, 0.3) is 0 Å². The van der Waals surface area contributed by atoms with Crippen LogP contribution in [0.4, 0.5) is 5.69 Å². The second-order valence-electron chi connectivity index (χ2n) is 5.78. The van der Waals surface area contributed by atoms with E-state index in [0.717, 1.165) is 15.7 Å². The van der Waals surface area contributed by atoms with E-state index in [1.54, 1.807) is 7.11 Å². The Morgan fingerprint density at radius 3 is 2.65 bits per heavy atom. The van der Waals surface area contributed by atoms with Gasteiger partial charge in [0.05, 0.1) is 11.7 Å². The van der Waals surface area contributed by atoms with Gasteiger partial charge in [-0.2, -0.15) is 0 Å². The van der Waals surface area contributed by atoms with Crippen molar-refractivity contribution in [2.24, 2.45) is 0 Å². The van der Waals surface area contributed by atoms with Crippen LogP contribution in [0.5, 0.6) is 11.5 Å². The molecule has 1 aliphatic heterocycles. The zero-order chi connectivity index (χ0) is 18.5. The summed E-state index contributed by atoms with van der Waals surface area (Å²) in [5, 5.41) is 2.84. The first kappa shape index (κ1) is 19.5. The predicted octanol–water partition coefficient (Wildman–Crippen LogP) is 5.26. The molecule has 26 heavy (non-hydrogen) atoms. The van der Waals surface area contributed by atoms with E-state index in [-0.39, 0.29) is 12.5 Å². The highest BCUT2D eigenvalue weighted by atomic mass is 79.9. The number of halogens is 1. The molecular weight excluding hydrogens is 434 g/mol. The van der Waals surface area contributed by atoms with Crippen molar-refractivity contribution in [1.82, 2.24) is 0 Å². The Bertz CT molecular complexity index is 794. The van der Waals surface area contributed by atoms with E-state index >= 15 is 0 Å². The van der Waals surface area contributed by atoms with Crippen LogP contribution in [-0.2, 0) is 4.79 Å². The van der Waals surface area contributed by atoms with Gasteiger partial charge in [-0.25, -0.2) is 0 Å². The van der Waals surface area contributed by atoms with E-state index in [1.807, 2.05) is 66.8 Å². The highest BCUT2D eigenvalue weighted by Gasteiger charge is 2.20. The average molecular weight is 454 g/mol. The largest absolute Gasteiger partial charge is 0.493 e. The van der Waals surface area contributed by atoms with Gasteiger partial charge in [0, 0.05) is 21.7 Å². The molecule has 1 saturated heterocycles. The van der Waals surface area contributed by atoms with Crippen molar-refractivity contribution in [2.75, 3.05) is 30.5 Å². The van der Waals surface area contributed by atoms with Crippen molar-refractivity contribution in [1.29, 1.82) is 0 Å². The fourth-order valence-corrected chi connectivity index (χ4v) is 5.65. The number of thioether (sulfide) groups is 2. The second kappa shape index (κ2) is 9.06. The van der Waals surface area contributed by atoms with Crippen molar-refractivity contribution in [2.45, 2.75) is 11.5 Å². The van der Waals surface area contributed by atoms with Crippen LogP contribution < -0.4 is 14.8 Å². The molecule has 138 valence electrons. The summed E-state index contributed by atoms with van der Waals surface area (Å²) in [5.74, 6) is 3.37. The number of hydrogen-bond donors (Lipinski definition) is 1. The lowest BCUT2D eigenvalue weighted by Gasteiger charge is -2.14. The topological polar surface area (TPSA) is 47.6 Å². The lowest BCUT2D eigenvalue weighted by Crippen LogP contribution is -2.20. The van der Waals surface area contributed by atoms with Gasteiger partial charge in [-0.1, -0.05) is 22.0 Å². The SMILES string of the molecule is COc1cc(C2SCCS2)ccc1OCC(=O)Nc1ccc(Br)c(C)c1. The molecule has 4 nitrogen and oxygen atoms in total. The Kier molecular flexibility index (Phi) is 6.78. The summed E-state index contributed by atoms with van der Waals surface area (Å²) in [4.78, 5) is 12.2. The number of aryl methyl sites for hydroxylation is 1. The molecule has 1 fully saturated rings. The number of ether oxygens (including phenoxy) is 2. The first-order valence-corrected chi connectivity index (χ1v) is 11.1. The summed E-state index contributed by atoms with van der Waals surface area (Å²) in [6.07, 6.45) is 0. The Hall–Kier alpha value is -1.31. The number of methoxy groups -OCH3 is 1. The molecule has 3 rings (SSSR count). The molecule has 0 saturated carbocycles. The third-order valence-corrected chi connectivity index (χ3v) is 7.88. The molecule has 1 aliphatic rings. The molecule has 7 heteroatoms. The smallest absolute Gasteiger partial charge is 0.262 e. The van der Waals surface area contributed by atoms with Gasteiger partial charge in [-0.15, -0.1) is 23.5 Å². The maximum atomic E-state index is 12.2. The molecule has 0 atom stereocenters. The molecule has 2 aromatic rings. The van der Waals surface area contributed by atoms with Gasteiger partial charge in [0.2, 0.25) is 0 Å². The van der Waals surface area contributed by atoms with Gasteiger partial charge < -0.3 is 14.8 Å². The van der Waals surface area contributed by atoms with E-state index in [4.69, 9.17) is 9.47 Å². The molecule has 0 unspecified atom stereocenters. The molecular formula is C19H20BrNO3S2. The second-order valence-corrected chi connectivity index (χ2v) is 9.36. The van der Waals surface area contributed by atoms with E-state index in [9.17, 15) is 4.79 Å². The molecule has 0 aliphatic carbocycles. The first-order chi connectivity index (χ1) is 12.6. The highest BCUT2D eigenvalue weighted by Crippen LogP contribution is 2.46. The number of rotatable bonds is 6. The zero-order valence-electron chi connectivity index (χ0n) is 14.6. The normalized spacial score (nSPS) is 14.3. The van der Waals surface area contributed by atoms with Gasteiger partial charge >= 0.3 is 0 Å². The lowest BCUT2D eigenvalue weighted by atomic mass is 10.2. The maximum Gasteiger partial charge on any atom is 0.262 e. The number of hydrogen-bond acceptors (Lipinski definition) is 5. The maximum absolute atomic E-state index is 12.2. The number of benzene rings is 2. The Balaban J connectivity index is 1.61. The number of nitrogens with one attached hydrogen (secondary N) is 1. The van der Waals surface area contributed by atoms with Crippen molar-refractivity contribution in [3.63, 3.8) is 0 Å². The van der Waals surface area contributed by atoms with Gasteiger partial charge in [-0.05, 0) is 48.4 Å². The minimum Gasteiger partial charge on any atom is -0.493 e. The van der Waals surface area contributed by atoms with Gasteiger partial charge in [-0.3, -0.25) is 4.79 Å².